The maximum Gasteiger partial charge on any atom is 0.189 e. The molecule has 0 aliphatic carbocycles. The van der Waals surface area contributed by atoms with E-state index in [0.29, 0.717) is 23.1 Å². The normalized spacial score (nSPS) is 10.0. The molecule has 0 amide bonds. The second kappa shape index (κ2) is 6.78. The van der Waals surface area contributed by atoms with E-state index in [1.54, 1.807) is 0 Å². The van der Waals surface area contributed by atoms with Crippen LogP contribution >= 0.6 is 11.8 Å². The van der Waals surface area contributed by atoms with E-state index in [-0.39, 0.29) is 5.82 Å². The van der Waals surface area contributed by atoms with Crippen molar-refractivity contribution in [2.24, 2.45) is 0 Å². The molecule has 102 valence electrons. The van der Waals surface area contributed by atoms with Crippen LogP contribution in [0.3, 0.4) is 0 Å². The Labute approximate surface area is 121 Å². The largest absolute Gasteiger partial charge is 0.493 e. The summed E-state index contributed by atoms with van der Waals surface area (Å²) in [6.07, 6.45) is 1.44. The zero-order valence-electron chi connectivity index (χ0n) is 11.0. The van der Waals surface area contributed by atoms with Crippen LogP contribution < -0.4 is 10.5 Å². The summed E-state index contributed by atoms with van der Waals surface area (Å²) in [6, 6.07) is 9.83. The average Bonchev–Trinajstić information content (AvgIpc) is 2.44. The summed E-state index contributed by atoms with van der Waals surface area (Å²) in [5.74, 6) is 1.77. The molecule has 2 N–H and O–H groups in total. The standard InChI is InChI=1S/C14H14N4OS/c1-10-3-2-4-12(7-10)19-5-6-20-14-17-9-11(8-15)13(16)18-14/h2-4,7,9H,5-6H2,1H3,(H2,16,17,18). The van der Waals surface area contributed by atoms with E-state index >= 15 is 0 Å². The Kier molecular flexibility index (Phi) is 4.80. The Morgan fingerprint density at radius 1 is 1.45 bits per heavy atom. The molecule has 0 saturated carbocycles. The lowest BCUT2D eigenvalue weighted by Gasteiger charge is -2.06. The molecule has 2 aromatic rings. The van der Waals surface area contributed by atoms with Gasteiger partial charge in [0, 0.05) is 5.75 Å². The molecule has 0 unspecified atom stereocenters. The minimum atomic E-state index is 0.213. The minimum absolute atomic E-state index is 0.213. The molecule has 1 aromatic heterocycles. The van der Waals surface area contributed by atoms with Crippen molar-refractivity contribution in [1.29, 1.82) is 5.26 Å². The third-order valence-corrected chi connectivity index (χ3v) is 3.32. The quantitative estimate of drug-likeness (QED) is 0.516. The number of aryl methyl sites for hydroxylation is 1. The topological polar surface area (TPSA) is 84.8 Å². The molecule has 0 aliphatic rings. The van der Waals surface area contributed by atoms with Gasteiger partial charge in [-0.3, -0.25) is 0 Å². The zero-order valence-corrected chi connectivity index (χ0v) is 11.9. The number of thioether (sulfide) groups is 1. The first kappa shape index (κ1) is 14.2. The molecule has 0 saturated heterocycles. The zero-order chi connectivity index (χ0) is 14.4. The first-order valence-electron chi connectivity index (χ1n) is 6.04. The van der Waals surface area contributed by atoms with Gasteiger partial charge in [-0.15, -0.1) is 0 Å². The van der Waals surface area contributed by atoms with E-state index in [2.05, 4.69) is 9.97 Å². The van der Waals surface area contributed by atoms with E-state index in [1.807, 2.05) is 37.3 Å². The number of nitrogens with zero attached hydrogens (tertiary/aromatic N) is 3. The number of hydrogen-bond donors (Lipinski definition) is 1. The molecule has 0 bridgehead atoms. The molecule has 20 heavy (non-hydrogen) atoms. The number of nitriles is 1. The molecule has 0 atom stereocenters. The van der Waals surface area contributed by atoms with E-state index in [4.69, 9.17) is 15.7 Å². The van der Waals surface area contributed by atoms with E-state index in [1.165, 1.54) is 23.5 Å². The number of rotatable bonds is 5. The lowest BCUT2D eigenvalue weighted by Crippen LogP contribution is -2.02. The third-order valence-electron chi connectivity index (χ3n) is 2.49. The summed E-state index contributed by atoms with van der Waals surface area (Å²) in [5.41, 5.74) is 7.09. The molecule has 6 heteroatoms. The second-order valence-corrected chi connectivity index (χ2v) is 5.14. The maximum absolute atomic E-state index is 8.74. The van der Waals surface area contributed by atoms with Crippen LogP contribution in [0.15, 0.2) is 35.6 Å². The van der Waals surface area contributed by atoms with Crippen molar-refractivity contribution in [1.82, 2.24) is 9.97 Å². The monoisotopic (exact) mass is 286 g/mol. The van der Waals surface area contributed by atoms with Gasteiger partial charge in [-0.25, -0.2) is 9.97 Å². The Hall–Kier alpha value is -2.26. The molecule has 0 radical (unpaired) electrons. The van der Waals surface area contributed by atoms with Crippen molar-refractivity contribution < 1.29 is 4.74 Å². The van der Waals surface area contributed by atoms with Crippen LogP contribution in [0, 0.1) is 18.3 Å². The smallest absolute Gasteiger partial charge is 0.189 e. The van der Waals surface area contributed by atoms with Gasteiger partial charge in [0.2, 0.25) is 0 Å². The van der Waals surface area contributed by atoms with Crippen molar-refractivity contribution in [3.05, 3.63) is 41.6 Å². The van der Waals surface area contributed by atoms with Crippen LogP contribution in [-0.4, -0.2) is 22.3 Å². The van der Waals surface area contributed by atoms with Crippen molar-refractivity contribution >= 4 is 17.6 Å². The highest BCUT2D eigenvalue weighted by molar-refractivity contribution is 7.99. The predicted octanol–water partition coefficient (Wildman–Crippen LogP) is 2.41. The highest BCUT2D eigenvalue weighted by atomic mass is 32.2. The lowest BCUT2D eigenvalue weighted by atomic mass is 10.2. The number of aromatic nitrogens is 2. The molecule has 2 rings (SSSR count). The molecule has 1 heterocycles. The van der Waals surface area contributed by atoms with Crippen molar-refractivity contribution in [2.45, 2.75) is 12.1 Å². The number of nitrogen functional groups attached to an aromatic ring is 1. The van der Waals surface area contributed by atoms with Crippen LogP contribution in [0.5, 0.6) is 5.75 Å². The fourth-order valence-corrected chi connectivity index (χ4v) is 2.17. The van der Waals surface area contributed by atoms with Crippen molar-refractivity contribution in [2.75, 3.05) is 18.1 Å². The summed E-state index contributed by atoms with van der Waals surface area (Å²) in [7, 11) is 0. The van der Waals surface area contributed by atoms with E-state index < -0.39 is 0 Å². The van der Waals surface area contributed by atoms with E-state index in [9.17, 15) is 0 Å². The van der Waals surface area contributed by atoms with Crippen LogP contribution in [0.1, 0.15) is 11.1 Å². The Morgan fingerprint density at radius 3 is 3.00 bits per heavy atom. The highest BCUT2D eigenvalue weighted by Gasteiger charge is 2.04. The third kappa shape index (κ3) is 3.87. The number of hydrogen-bond acceptors (Lipinski definition) is 6. The van der Waals surface area contributed by atoms with Gasteiger partial charge >= 0.3 is 0 Å². The summed E-state index contributed by atoms with van der Waals surface area (Å²) < 4.78 is 5.62. The molecular weight excluding hydrogens is 272 g/mol. The number of anilines is 1. The fraction of sp³-hybridized carbons (Fsp3) is 0.214. The molecule has 0 spiro atoms. The van der Waals surface area contributed by atoms with Gasteiger partial charge in [-0.1, -0.05) is 23.9 Å². The molecule has 0 fully saturated rings. The summed E-state index contributed by atoms with van der Waals surface area (Å²) in [4.78, 5) is 8.12. The number of ether oxygens (including phenoxy) is 1. The Balaban J connectivity index is 1.82. The van der Waals surface area contributed by atoms with Gasteiger partial charge in [0.05, 0.1) is 12.8 Å². The second-order valence-electron chi connectivity index (χ2n) is 4.08. The lowest BCUT2D eigenvalue weighted by molar-refractivity contribution is 0.343. The first-order chi connectivity index (χ1) is 9.69. The van der Waals surface area contributed by atoms with Crippen LogP contribution in [0.4, 0.5) is 5.82 Å². The van der Waals surface area contributed by atoms with Gasteiger partial charge in [0.1, 0.15) is 23.2 Å². The predicted molar refractivity (Wildman–Crippen MR) is 78.6 cm³/mol. The van der Waals surface area contributed by atoms with Gasteiger partial charge in [-0.2, -0.15) is 5.26 Å². The van der Waals surface area contributed by atoms with Gasteiger partial charge < -0.3 is 10.5 Å². The van der Waals surface area contributed by atoms with Crippen molar-refractivity contribution in [3.63, 3.8) is 0 Å². The molecular formula is C14H14N4OS. The first-order valence-corrected chi connectivity index (χ1v) is 7.02. The summed E-state index contributed by atoms with van der Waals surface area (Å²) >= 11 is 1.44. The average molecular weight is 286 g/mol. The fourth-order valence-electron chi connectivity index (χ4n) is 1.53. The molecule has 1 aromatic carbocycles. The SMILES string of the molecule is Cc1cccc(OCCSc2ncc(C#N)c(N)n2)c1. The van der Waals surface area contributed by atoms with Crippen LogP contribution in [0.25, 0.3) is 0 Å². The van der Waals surface area contributed by atoms with Crippen LogP contribution in [-0.2, 0) is 0 Å². The Morgan fingerprint density at radius 2 is 2.30 bits per heavy atom. The minimum Gasteiger partial charge on any atom is -0.493 e. The summed E-state index contributed by atoms with van der Waals surface area (Å²) in [6.45, 7) is 2.58. The van der Waals surface area contributed by atoms with Crippen LogP contribution in [0.2, 0.25) is 0 Å². The molecule has 0 aliphatic heterocycles. The van der Waals surface area contributed by atoms with Gasteiger partial charge in [-0.05, 0) is 24.6 Å². The number of benzene rings is 1. The maximum atomic E-state index is 8.74. The Bertz CT molecular complexity index is 639. The van der Waals surface area contributed by atoms with Gasteiger partial charge in [0.25, 0.3) is 0 Å². The highest BCUT2D eigenvalue weighted by Crippen LogP contribution is 2.17. The molecule has 5 nitrogen and oxygen atoms in total. The van der Waals surface area contributed by atoms with Crippen molar-refractivity contribution in [3.8, 4) is 11.8 Å². The number of nitrogens with two attached hydrogens (primary N) is 1. The van der Waals surface area contributed by atoms with E-state index in [0.717, 1.165) is 5.75 Å². The summed E-state index contributed by atoms with van der Waals surface area (Å²) in [5, 5.41) is 9.29. The van der Waals surface area contributed by atoms with Gasteiger partial charge in [0.15, 0.2) is 5.16 Å².